The third-order valence-corrected chi connectivity index (χ3v) is 3.87. The summed E-state index contributed by atoms with van der Waals surface area (Å²) < 4.78 is 21.2. The van der Waals surface area contributed by atoms with Gasteiger partial charge in [-0.05, 0) is 12.8 Å². The Balaban J connectivity index is 2.93. The molecule has 24 heavy (non-hydrogen) atoms. The van der Waals surface area contributed by atoms with Crippen LogP contribution in [0, 0.1) is 0 Å². The number of hydrogen-bond donors (Lipinski definition) is 1. The molecule has 0 spiro atoms. The molecule has 0 bridgehead atoms. The number of aliphatic hydroxyl groups is 1. The number of hydrogen-bond acceptors (Lipinski definition) is 5. The highest BCUT2D eigenvalue weighted by atomic mass is 16.6. The quantitative estimate of drug-likeness (QED) is 0.321. The van der Waals surface area contributed by atoms with Crippen molar-refractivity contribution >= 4 is 0 Å². The van der Waals surface area contributed by atoms with Crippen molar-refractivity contribution in [3.8, 4) is 0 Å². The Morgan fingerprint density at radius 3 is 1.29 bits per heavy atom. The number of aliphatic hydroxyl groups excluding tert-OH is 1. The Morgan fingerprint density at radius 2 is 0.833 bits per heavy atom. The van der Waals surface area contributed by atoms with Gasteiger partial charge in [0.2, 0.25) is 0 Å². The summed E-state index contributed by atoms with van der Waals surface area (Å²) in [5.74, 6) is 0. The largest absolute Gasteiger partial charge is 0.396 e. The maximum Gasteiger partial charge on any atom is 0.0701 e. The zero-order valence-corrected chi connectivity index (χ0v) is 15.8. The lowest BCUT2D eigenvalue weighted by molar-refractivity contribution is 0.00323. The molecular weight excluding hydrogens is 308 g/mol. The normalized spacial score (nSPS) is 11.2. The van der Waals surface area contributed by atoms with Gasteiger partial charge in [-0.25, -0.2) is 0 Å². The summed E-state index contributed by atoms with van der Waals surface area (Å²) in [6.07, 6.45) is 12.5. The van der Waals surface area contributed by atoms with Crippen LogP contribution in [0.25, 0.3) is 0 Å². The third-order valence-electron chi connectivity index (χ3n) is 3.87. The average Bonchev–Trinajstić information content (AvgIpc) is 2.60. The molecule has 0 radical (unpaired) electrons. The van der Waals surface area contributed by atoms with E-state index in [1.54, 1.807) is 7.11 Å². The minimum absolute atomic E-state index is 0.345. The highest BCUT2D eigenvalue weighted by Crippen LogP contribution is 2.10. The Bertz CT molecular complexity index is 192. The van der Waals surface area contributed by atoms with Gasteiger partial charge in [-0.3, -0.25) is 0 Å². The molecule has 0 heterocycles. The second-order valence-corrected chi connectivity index (χ2v) is 6.09. The van der Waals surface area contributed by atoms with E-state index in [4.69, 9.17) is 24.1 Å². The van der Waals surface area contributed by atoms with Crippen LogP contribution in [0.3, 0.4) is 0 Å². The van der Waals surface area contributed by atoms with Crippen molar-refractivity contribution in [2.45, 2.75) is 64.2 Å². The Hall–Kier alpha value is -0.200. The monoisotopic (exact) mass is 348 g/mol. The Labute approximate surface area is 149 Å². The first-order valence-corrected chi connectivity index (χ1v) is 9.75. The van der Waals surface area contributed by atoms with Gasteiger partial charge in [0, 0.05) is 20.3 Å². The van der Waals surface area contributed by atoms with E-state index in [0.29, 0.717) is 46.2 Å². The minimum Gasteiger partial charge on any atom is -0.396 e. The summed E-state index contributed by atoms with van der Waals surface area (Å²) in [7, 11) is 1.67. The number of rotatable bonds is 21. The van der Waals surface area contributed by atoms with Gasteiger partial charge in [-0.1, -0.05) is 51.4 Å². The predicted molar refractivity (Wildman–Crippen MR) is 97.6 cm³/mol. The van der Waals surface area contributed by atoms with Gasteiger partial charge < -0.3 is 24.1 Å². The highest BCUT2D eigenvalue weighted by molar-refractivity contribution is 4.48. The molecule has 0 amide bonds. The van der Waals surface area contributed by atoms with Crippen molar-refractivity contribution in [1.82, 2.24) is 0 Å². The molecule has 0 saturated carbocycles. The van der Waals surface area contributed by atoms with Gasteiger partial charge in [0.15, 0.2) is 0 Å². The molecule has 0 atom stereocenters. The van der Waals surface area contributed by atoms with Crippen LogP contribution in [0.2, 0.25) is 0 Å². The van der Waals surface area contributed by atoms with Gasteiger partial charge in [-0.15, -0.1) is 0 Å². The fraction of sp³-hybridized carbons (Fsp3) is 1.00. The molecule has 0 unspecified atom stereocenters. The van der Waals surface area contributed by atoms with Crippen LogP contribution in [-0.2, 0) is 18.9 Å². The molecule has 1 N–H and O–H groups in total. The molecule has 0 rings (SSSR count). The molecule has 0 aliphatic carbocycles. The molecule has 0 fully saturated rings. The van der Waals surface area contributed by atoms with Gasteiger partial charge >= 0.3 is 0 Å². The summed E-state index contributed by atoms with van der Waals surface area (Å²) in [5.41, 5.74) is 0. The SMILES string of the molecule is COCCOCCOCCOCCCCCCCCCCCCO. The molecule has 5 nitrogen and oxygen atoms in total. The minimum atomic E-state index is 0.345. The average molecular weight is 349 g/mol. The molecule has 0 aliphatic rings. The molecule has 0 aromatic rings. The predicted octanol–water partition coefficient (Wildman–Crippen LogP) is 3.58. The van der Waals surface area contributed by atoms with Gasteiger partial charge in [0.25, 0.3) is 0 Å². The molecule has 0 saturated heterocycles. The van der Waals surface area contributed by atoms with Crippen molar-refractivity contribution in [2.75, 3.05) is 60.0 Å². The summed E-state index contributed by atoms with van der Waals surface area (Å²) in [6, 6.07) is 0. The lowest BCUT2D eigenvalue weighted by atomic mass is 10.1. The van der Waals surface area contributed by atoms with E-state index in [9.17, 15) is 0 Å². The Morgan fingerprint density at radius 1 is 0.458 bits per heavy atom. The van der Waals surface area contributed by atoms with E-state index < -0.39 is 0 Å². The van der Waals surface area contributed by atoms with Gasteiger partial charge in [-0.2, -0.15) is 0 Å². The fourth-order valence-corrected chi connectivity index (χ4v) is 2.41. The zero-order valence-electron chi connectivity index (χ0n) is 15.8. The number of unbranched alkanes of at least 4 members (excludes halogenated alkanes) is 9. The van der Waals surface area contributed by atoms with Crippen molar-refractivity contribution in [2.24, 2.45) is 0 Å². The van der Waals surface area contributed by atoms with E-state index in [-0.39, 0.29) is 0 Å². The first kappa shape index (κ1) is 23.8. The number of ether oxygens (including phenoxy) is 4. The van der Waals surface area contributed by atoms with Crippen LogP contribution in [0.4, 0.5) is 0 Å². The second-order valence-electron chi connectivity index (χ2n) is 6.09. The zero-order chi connectivity index (χ0) is 17.6. The van der Waals surface area contributed by atoms with Crippen LogP contribution in [0.1, 0.15) is 64.2 Å². The molecule has 146 valence electrons. The van der Waals surface area contributed by atoms with E-state index >= 15 is 0 Å². The standard InChI is InChI=1S/C19H40O5/c1-21-14-15-23-18-19-24-17-16-22-13-11-9-7-5-3-2-4-6-8-10-12-20/h20H,2-19H2,1H3. The van der Waals surface area contributed by atoms with Crippen LogP contribution in [0.15, 0.2) is 0 Å². The van der Waals surface area contributed by atoms with Crippen molar-refractivity contribution in [1.29, 1.82) is 0 Å². The first-order chi connectivity index (χ1) is 11.9. The topological polar surface area (TPSA) is 57.2 Å². The molecule has 0 aliphatic heterocycles. The lowest BCUT2D eigenvalue weighted by Crippen LogP contribution is -2.11. The highest BCUT2D eigenvalue weighted by Gasteiger charge is 1.94. The lowest BCUT2D eigenvalue weighted by Gasteiger charge is -2.07. The van der Waals surface area contributed by atoms with Crippen molar-refractivity contribution < 1.29 is 24.1 Å². The van der Waals surface area contributed by atoms with Crippen LogP contribution in [-0.4, -0.2) is 65.1 Å². The van der Waals surface area contributed by atoms with E-state index in [1.165, 1.54) is 51.4 Å². The number of methoxy groups -OCH3 is 1. The first-order valence-electron chi connectivity index (χ1n) is 9.75. The Kier molecular flexibility index (Phi) is 22.6. The van der Waals surface area contributed by atoms with Crippen LogP contribution < -0.4 is 0 Å². The molecule has 0 aromatic carbocycles. The smallest absolute Gasteiger partial charge is 0.0701 e. The van der Waals surface area contributed by atoms with E-state index in [2.05, 4.69) is 0 Å². The molecule has 0 aromatic heterocycles. The van der Waals surface area contributed by atoms with Crippen LogP contribution >= 0.6 is 0 Å². The summed E-state index contributed by atoms with van der Waals surface area (Å²) in [4.78, 5) is 0. The van der Waals surface area contributed by atoms with Gasteiger partial charge in [0.05, 0.1) is 39.6 Å². The van der Waals surface area contributed by atoms with Crippen LogP contribution in [0.5, 0.6) is 0 Å². The van der Waals surface area contributed by atoms with E-state index in [0.717, 1.165) is 19.4 Å². The molecular formula is C19H40O5. The maximum absolute atomic E-state index is 8.69. The molecule has 5 heteroatoms. The van der Waals surface area contributed by atoms with Crippen molar-refractivity contribution in [3.05, 3.63) is 0 Å². The maximum atomic E-state index is 8.69. The van der Waals surface area contributed by atoms with Gasteiger partial charge in [0.1, 0.15) is 0 Å². The summed E-state index contributed by atoms with van der Waals surface area (Å²) >= 11 is 0. The second kappa shape index (κ2) is 22.8. The summed E-state index contributed by atoms with van der Waals surface area (Å²) in [5, 5.41) is 8.69. The third kappa shape index (κ3) is 21.8. The van der Waals surface area contributed by atoms with E-state index in [1.807, 2.05) is 0 Å². The van der Waals surface area contributed by atoms with Crippen molar-refractivity contribution in [3.63, 3.8) is 0 Å². The summed E-state index contributed by atoms with van der Waals surface area (Å²) in [6.45, 7) is 4.99. The fourth-order valence-electron chi connectivity index (χ4n) is 2.41.